The smallest absolute Gasteiger partial charge is 0.293 e. The molecule has 2 heterocycles. The van der Waals surface area contributed by atoms with Gasteiger partial charge in [-0.05, 0) is 5.56 Å². The van der Waals surface area contributed by atoms with Gasteiger partial charge >= 0.3 is 0 Å². The second-order valence-electron chi connectivity index (χ2n) is 3.59. The minimum Gasteiger partial charge on any atom is -0.468 e. The molecule has 6 heteroatoms. The summed E-state index contributed by atoms with van der Waals surface area (Å²) in [6.45, 7) is 3.05. The molecule has 0 amide bonds. The van der Waals surface area contributed by atoms with Crippen LogP contribution in [0, 0.1) is 0 Å². The third-order valence-electron chi connectivity index (χ3n) is 2.56. The van der Waals surface area contributed by atoms with Crippen molar-refractivity contribution in [1.82, 2.24) is 15.5 Å². The Morgan fingerprint density at radius 3 is 3.38 bits per heavy atom. The van der Waals surface area contributed by atoms with Crippen molar-refractivity contribution < 1.29 is 14.3 Å². The third-order valence-corrected chi connectivity index (χ3v) is 2.56. The van der Waals surface area contributed by atoms with E-state index in [-0.39, 0.29) is 6.04 Å². The van der Waals surface area contributed by atoms with Crippen molar-refractivity contribution in [1.29, 1.82) is 0 Å². The predicted octanol–water partition coefficient (Wildman–Crippen LogP) is -0.214. The highest BCUT2D eigenvalue weighted by atomic mass is 16.5. The van der Waals surface area contributed by atoms with Crippen LogP contribution in [0.15, 0.2) is 6.20 Å². The molecule has 1 aliphatic heterocycles. The van der Waals surface area contributed by atoms with E-state index in [1.807, 2.05) is 6.20 Å². The van der Waals surface area contributed by atoms with Gasteiger partial charge in [0.2, 0.25) is 0 Å². The number of H-pyrrole nitrogens is 1. The molecule has 1 aromatic heterocycles. The van der Waals surface area contributed by atoms with Gasteiger partial charge in [-0.3, -0.25) is 9.89 Å². The number of nitrogens with one attached hydrogen (secondary N) is 2. The van der Waals surface area contributed by atoms with Crippen molar-refractivity contribution in [2.24, 2.45) is 0 Å². The molecule has 2 N–H and O–H groups in total. The number of carbonyl (C=O) groups is 1. The fourth-order valence-electron chi connectivity index (χ4n) is 1.79. The maximum Gasteiger partial charge on any atom is 0.293 e. The summed E-state index contributed by atoms with van der Waals surface area (Å²) in [6.07, 6.45) is 2.50. The summed E-state index contributed by atoms with van der Waals surface area (Å²) in [6, 6.07) is 0.131. The summed E-state index contributed by atoms with van der Waals surface area (Å²) in [5.74, 6) is 0. The first-order valence-electron chi connectivity index (χ1n) is 5.30. The van der Waals surface area contributed by atoms with Gasteiger partial charge in [-0.1, -0.05) is 0 Å². The zero-order valence-corrected chi connectivity index (χ0v) is 8.94. The molecule has 2 rings (SSSR count). The summed E-state index contributed by atoms with van der Waals surface area (Å²) in [4.78, 5) is 10.0. The van der Waals surface area contributed by atoms with Crippen molar-refractivity contribution in [2.75, 3.05) is 26.4 Å². The first-order chi connectivity index (χ1) is 7.92. The monoisotopic (exact) mass is 225 g/mol. The number of nitrogens with zero attached hydrogens (tertiary/aromatic N) is 1. The second kappa shape index (κ2) is 5.62. The quantitative estimate of drug-likeness (QED) is 0.535. The highest BCUT2D eigenvalue weighted by Gasteiger charge is 2.20. The molecule has 6 nitrogen and oxygen atoms in total. The Hall–Kier alpha value is -1.40. The molecular weight excluding hydrogens is 210 g/mol. The number of hydrogen-bond donors (Lipinski definition) is 2. The molecule has 0 aromatic carbocycles. The molecule has 1 atom stereocenters. The van der Waals surface area contributed by atoms with E-state index in [2.05, 4.69) is 20.3 Å². The number of aromatic nitrogens is 2. The lowest BCUT2D eigenvalue weighted by Crippen LogP contribution is -2.35. The number of ether oxygens (including phenoxy) is 2. The van der Waals surface area contributed by atoms with Crippen molar-refractivity contribution >= 4 is 6.47 Å². The van der Waals surface area contributed by atoms with Crippen molar-refractivity contribution in [3.8, 4) is 0 Å². The standard InChI is InChI=1S/C10H15N3O3/c14-7-16-3-1-8-5-12-13-10(8)9-6-15-4-2-11-9/h5,7,9,11H,1-4,6H2,(H,12,13). The molecule has 0 saturated carbocycles. The Balaban J connectivity index is 1.97. The van der Waals surface area contributed by atoms with Gasteiger partial charge in [0.1, 0.15) is 0 Å². The summed E-state index contributed by atoms with van der Waals surface area (Å²) in [5.41, 5.74) is 2.01. The van der Waals surface area contributed by atoms with Crippen molar-refractivity contribution in [2.45, 2.75) is 12.5 Å². The van der Waals surface area contributed by atoms with Crippen LogP contribution in [0.25, 0.3) is 0 Å². The van der Waals surface area contributed by atoms with Crippen LogP contribution in [0.4, 0.5) is 0 Å². The minimum atomic E-state index is 0.131. The molecule has 0 bridgehead atoms. The fraction of sp³-hybridized carbons (Fsp3) is 0.600. The lowest BCUT2D eigenvalue weighted by atomic mass is 10.1. The lowest BCUT2D eigenvalue weighted by Gasteiger charge is -2.23. The maximum atomic E-state index is 10.0. The predicted molar refractivity (Wildman–Crippen MR) is 55.9 cm³/mol. The molecule has 1 aliphatic rings. The summed E-state index contributed by atoms with van der Waals surface area (Å²) in [7, 11) is 0. The molecular formula is C10H15N3O3. The zero-order valence-electron chi connectivity index (χ0n) is 8.94. The Labute approximate surface area is 93.3 Å². The number of carbonyl (C=O) groups excluding carboxylic acids is 1. The second-order valence-corrected chi connectivity index (χ2v) is 3.59. The molecule has 16 heavy (non-hydrogen) atoms. The third kappa shape index (κ3) is 2.59. The van der Waals surface area contributed by atoms with Gasteiger partial charge in [0.15, 0.2) is 0 Å². The van der Waals surface area contributed by atoms with E-state index in [1.165, 1.54) is 0 Å². The lowest BCUT2D eigenvalue weighted by molar-refractivity contribution is -0.128. The van der Waals surface area contributed by atoms with E-state index in [9.17, 15) is 4.79 Å². The minimum absolute atomic E-state index is 0.131. The Morgan fingerprint density at radius 2 is 2.62 bits per heavy atom. The number of rotatable bonds is 5. The SMILES string of the molecule is O=COCCc1c[nH]nc1C1COCCN1. The average Bonchev–Trinajstić information content (AvgIpc) is 2.79. The zero-order chi connectivity index (χ0) is 11.2. The topological polar surface area (TPSA) is 76.2 Å². The highest BCUT2D eigenvalue weighted by Crippen LogP contribution is 2.17. The molecule has 1 unspecified atom stereocenters. The molecule has 1 fully saturated rings. The van der Waals surface area contributed by atoms with E-state index in [4.69, 9.17) is 4.74 Å². The van der Waals surface area contributed by atoms with Gasteiger partial charge < -0.3 is 14.8 Å². The molecule has 1 saturated heterocycles. The molecule has 0 aliphatic carbocycles. The van der Waals surface area contributed by atoms with Gasteiger partial charge in [0, 0.05) is 19.2 Å². The molecule has 88 valence electrons. The van der Waals surface area contributed by atoms with E-state index in [1.54, 1.807) is 0 Å². The number of hydrogen-bond acceptors (Lipinski definition) is 5. The summed E-state index contributed by atoms with van der Waals surface area (Å²) in [5, 5.41) is 10.4. The average molecular weight is 225 g/mol. The maximum absolute atomic E-state index is 10.0. The van der Waals surface area contributed by atoms with Crippen LogP contribution >= 0.6 is 0 Å². The normalized spacial score (nSPS) is 20.6. The number of morpholine rings is 1. The molecule has 0 spiro atoms. The first-order valence-corrected chi connectivity index (χ1v) is 5.30. The van der Waals surface area contributed by atoms with Crippen LogP contribution in [-0.2, 0) is 20.7 Å². The van der Waals surface area contributed by atoms with Crippen LogP contribution in [0.2, 0.25) is 0 Å². The summed E-state index contributed by atoms with van der Waals surface area (Å²) >= 11 is 0. The van der Waals surface area contributed by atoms with E-state index < -0.39 is 0 Å². The van der Waals surface area contributed by atoms with Gasteiger partial charge in [-0.2, -0.15) is 5.10 Å². The van der Waals surface area contributed by atoms with Crippen LogP contribution in [-0.4, -0.2) is 43.0 Å². The van der Waals surface area contributed by atoms with Crippen LogP contribution < -0.4 is 5.32 Å². The van der Waals surface area contributed by atoms with Gasteiger partial charge in [0.05, 0.1) is 31.6 Å². The Morgan fingerprint density at radius 1 is 1.69 bits per heavy atom. The van der Waals surface area contributed by atoms with Gasteiger partial charge in [-0.25, -0.2) is 0 Å². The van der Waals surface area contributed by atoms with Crippen LogP contribution in [0.1, 0.15) is 17.3 Å². The summed E-state index contributed by atoms with van der Waals surface area (Å²) < 4.78 is 10.1. The van der Waals surface area contributed by atoms with Crippen molar-refractivity contribution in [3.05, 3.63) is 17.5 Å². The van der Waals surface area contributed by atoms with Gasteiger partial charge in [-0.15, -0.1) is 0 Å². The Bertz CT molecular complexity index is 334. The molecule has 1 aromatic rings. The van der Waals surface area contributed by atoms with Gasteiger partial charge in [0.25, 0.3) is 6.47 Å². The first kappa shape index (κ1) is 11.1. The fourth-order valence-corrected chi connectivity index (χ4v) is 1.79. The largest absolute Gasteiger partial charge is 0.468 e. The van der Waals surface area contributed by atoms with E-state index >= 15 is 0 Å². The number of aromatic amines is 1. The van der Waals surface area contributed by atoms with E-state index in [0.29, 0.717) is 26.1 Å². The highest BCUT2D eigenvalue weighted by molar-refractivity contribution is 5.37. The van der Waals surface area contributed by atoms with E-state index in [0.717, 1.165) is 24.4 Å². The Kier molecular flexibility index (Phi) is 3.90. The van der Waals surface area contributed by atoms with Crippen LogP contribution in [0.3, 0.4) is 0 Å². The van der Waals surface area contributed by atoms with Crippen molar-refractivity contribution in [3.63, 3.8) is 0 Å². The molecule has 0 radical (unpaired) electrons. The van der Waals surface area contributed by atoms with Crippen LogP contribution in [0.5, 0.6) is 0 Å².